The number of ether oxygens (including phenoxy) is 1. The molecular weight excluding hydrogens is 456 g/mol. The number of methoxy groups -OCH3 is 1. The Morgan fingerprint density at radius 2 is 1.71 bits per heavy atom. The highest BCUT2D eigenvalue weighted by Gasteiger charge is 2.28. The van der Waals surface area contributed by atoms with E-state index in [0.717, 1.165) is 17.6 Å². The van der Waals surface area contributed by atoms with Gasteiger partial charge in [-0.1, -0.05) is 18.2 Å². The molecule has 4 rings (SSSR count). The summed E-state index contributed by atoms with van der Waals surface area (Å²) >= 11 is 0. The second-order valence-corrected chi connectivity index (χ2v) is 10.3. The Kier molecular flexibility index (Phi) is 6.87. The average Bonchev–Trinajstić information content (AvgIpc) is 3.06. The fourth-order valence-electron chi connectivity index (χ4n) is 4.15. The molecule has 34 heavy (non-hydrogen) atoms. The first-order valence-electron chi connectivity index (χ1n) is 11.1. The Morgan fingerprint density at radius 3 is 2.41 bits per heavy atom. The molecule has 0 bridgehead atoms. The van der Waals surface area contributed by atoms with Crippen molar-refractivity contribution in [3.05, 3.63) is 59.9 Å². The Bertz CT molecular complexity index is 1300. The number of sulfone groups is 1. The fraction of sp³-hybridized carbons (Fsp3) is 0.375. The zero-order valence-electron chi connectivity index (χ0n) is 19.3. The summed E-state index contributed by atoms with van der Waals surface area (Å²) in [6, 6.07) is 12.8. The van der Waals surface area contributed by atoms with E-state index in [1.807, 2.05) is 24.3 Å². The monoisotopic (exact) mass is 484 g/mol. The van der Waals surface area contributed by atoms with Crippen LogP contribution in [0.3, 0.4) is 0 Å². The van der Waals surface area contributed by atoms with Crippen LogP contribution < -0.4 is 4.74 Å². The van der Waals surface area contributed by atoms with Gasteiger partial charge in [0, 0.05) is 45.1 Å². The quantitative estimate of drug-likeness (QED) is 0.531. The van der Waals surface area contributed by atoms with Gasteiger partial charge in [-0.15, -0.1) is 0 Å². The Balaban J connectivity index is 1.42. The van der Waals surface area contributed by atoms with Crippen molar-refractivity contribution < 1.29 is 22.7 Å². The van der Waals surface area contributed by atoms with E-state index in [0.29, 0.717) is 51.0 Å². The lowest BCUT2D eigenvalue weighted by atomic mass is 10.1. The Labute approximate surface area is 198 Å². The summed E-state index contributed by atoms with van der Waals surface area (Å²) in [7, 11) is -2.00. The van der Waals surface area contributed by atoms with E-state index in [4.69, 9.17) is 4.74 Å². The third kappa shape index (κ3) is 5.06. The first kappa shape index (κ1) is 23.7. The maximum atomic E-state index is 13.3. The van der Waals surface area contributed by atoms with Crippen LogP contribution in [0, 0.1) is 0 Å². The molecule has 9 nitrogen and oxygen atoms in total. The van der Waals surface area contributed by atoms with E-state index in [2.05, 4.69) is 4.98 Å². The molecule has 0 radical (unpaired) electrons. The number of nitrogens with zero attached hydrogens (tertiary/aromatic N) is 4. The summed E-state index contributed by atoms with van der Waals surface area (Å²) in [6.07, 6.45) is 4.33. The van der Waals surface area contributed by atoms with Crippen molar-refractivity contribution in [2.24, 2.45) is 0 Å². The molecule has 1 saturated heterocycles. The van der Waals surface area contributed by atoms with Crippen molar-refractivity contribution in [3.63, 3.8) is 0 Å². The van der Waals surface area contributed by atoms with E-state index in [9.17, 15) is 18.0 Å². The molecule has 0 N–H and O–H groups in total. The van der Waals surface area contributed by atoms with E-state index < -0.39 is 9.84 Å². The van der Waals surface area contributed by atoms with Crippen LogP contribution in [0.2, 0.25) is 0 Å². The predicted octanol–water partition coefficient (Wildman–Crippen LogP) is 2.05. The lowest BCUT2D eigenvalue weighted by molar-refractivity contribution is -0.131. The van der Waals surface area contributed by atoms with Crippen molar-refractivity contribution >= 4 is 27.2 Å². The lowest BCUT2D eigenvalue weighted by Crippen LogP contribution is -2.37. The summed E-state index contributed by atoms with van der Waals surface area (Å²) in [6.45, 7) is 1.84. The zero-order chi connectivity index (χ0) is 24.3. The molecule has 0 unspecified atom stereocenters. The van der Waals surface area contributed by atoms with Gasteiger partial charge >= 0.3 is 0 Å². The number of aromatic nitrogens is 2. The fourth-order valence-corrected chi connectivity index (χ4v) is 4.92. The van der Waals surface area contributed by atoms with Crippen molar-refractivity contribution in [2.75, 3.05) is 39.5 Å². The maximum absolute atomic E-state index is 13.3. The molecule has 3 aromatic rings. The molecule has 0 spiro atoms. The number of hydrogen-bond acceptors (Lipinski definition) is 6. The summed E-state index contributed by atoms with van der Waals surface area (Å²) in [5.74, 6) is 0.504. The van der Waals surface area contributed by atoms with Crippen LogP contribution >= 0.6 is 0 Å². The molecule has 2 amide bonds. The predicted molar refractivity (Wildman–Crippen MR) is 127 cm³/mol. The molecule has 180 valence electrons. The smallest absolute Gasteiger partial charge is 0.274 e. The molecule has 1 aliphatic heterocycles. The normalized spacial score (nSPS) is 14.8. The second-order valence-electron chi connectivity index (χ2n) is 8.35. The van der Waals surface area contributed by atoms with Crippen LogP contribution in [0.5, 0.6) is 5.75 Å². The SMILES string of the molecule is COc1ccc(CCC(=O)N2CCCN(C(=O)c3nc(S(C)(=O)=O)n4ccccc34)CC2)cc1. The van der Waals surface area contributed by atoms with Gasteiger partial charge in [-0.25, -0.2) is 13.4 Å². The molecule has 10 heteroatoms. The number of pyridine rings is 1. The number of rotatable bonds is 6. The zero-order valence-corrected chi connectivity index (χ0v) is 20.1. The first-order valence-corrected chi connectivity index (χ1v) is 13.0. The van der Waals surface area contributed by atoms with E-state index >= 15 is 0 Å². The van der Waals surface area contributed by atoms with Crippen LogP contribution in [0.1, 0.15) is 28.9 Å². The largest absolute Gasteiger partial charge is 0.497 e. The van der Waals surface area contributed by atoms with Crippen LogP contribution in [0.4, 0.5) is 0 Å². The molecule has 1 aliphatic rings. The maximum Gasteiger partial charge on any atom is 0.274 e. The minimum atomic E-state index is -3.61. The third-order valence-electron chi connectivity index (χ3n) is 5.97. The number of carbonyl (C=O) groups excluding carboxylic acids is 2. The van der Waals surface area contributed by atoms with Gasteiger partial charge in [0.05, 0.1) is 12.6 Å². The summed E-state index contributed by atoms with van der Waals surface area (Å²) < 4.78 is 30.9. The number of hydrogen-bond donors (Lipinski definition) is 0. The minimum absolute atomic E-state index is 0.0527. The second kappa shape index (κ2) is 9.84. The van der Waals surface area contributed by atoms with Crippen LogP contribution in [0.15, 0.2) is 53.8 Å². The standard InChI is InChI=1S/C24H28N4O5S/c1-33-19-10-7-18(8-11-19)9-12-21(29)26-13-5-14-27(17-16-26)23(30)22-20-6-3-4-15-28(20)24(25-22)34(2,31)32/h3-4,6-8,10-11,15H,5,9,12-14,16-17H2,1-2H3. The summed E-state index contributed by atoms with van der Waals surface area (Å²) in [5, 5.41) is -0.156. The van der Waals surface area contributed by atoms with Crippen molar-refractivity contribution in [3.8, 4) is 5.75 Å². The van der Waals surface area contributed by atoms with Gasteiger partial charge in [0.1, 0.15) is 5.75 Å². The molecule has 2 aromatic heterocycles. The molecule has 0 aliphatic carbocycles. The van der Waals surface area contributed by atoms with Crippen LogP contribution in [-0.2, 0) is 21.1 Å². The summed E-state index contributed by atoms with van der Waals surface area (Å²) in [4.78, 5) is 33.7. The van der Waals surface area contributed by atoms with Crippen LogP contribution in [-0.4, -0.2) is 79.0 Å². The molecule has 0 atom stereocenters. The molecular formula is C24H28N4O5S. The average molecular weight is 485 g/mol. The molecule has 0 saturated carbocycles. The van der Waals surface area contributed by atoms with E-state index in [1.165, 1.54) is 4.40 Å². The van der Waals surface area contributed by atoms with Gasteiger partial charge < -0.3 is 14.5 Å². The molecule has 1 fully saturated rings. The number of fused-ring (bicyclic) bond motifs is 1. The van der Waals surface area contributed by atoms with Gasteiger partial charge in [-0.3, -0.25) is 14.0 Å². The first-order chi connectivity index (χ1) is 16.3. The van der Waals surface area contributed by atoms with Gasteiger partial charge in [-0.05, 0) is 42.7 Å². The number of aryl methyl sites for hydroxylation is 1. The Morgan fingerprint density at radius 1 is 1.00 bits per heavy atom. The number of imidazole rings is 1. The van der Waals surface area contributed by atoms with Gasteiger partial charge in [0.25, 0.3) is 5.91 Å². The highest BCUT2D eigenvalue weighted by molar-refractivity contribution is 7.90. The van der Waals surface area contributed by atoms with E-state index in [-0.39, 0.29) is 22.7 Å². The number of carbonyl (C=O) groups is 2. The third-order valence-corrected chi connectivity index (χ3v) is 6.92. The highest BCUT2D eigenvalue weighted by Crippen LogP contribution is 2.20. The topological polar surface area (TPSA) is 101 Å². The van der Waals surface area contributed by atoms with Crippen molar-refractivity contribution in [2.45, 2.75) is 24.4 Å². The van der Waals surface area contributed by atoms with E-state index in [1.54, 1.807) is 41.3 Å². The van der Waals surface area contributed by atoms with Gasteiger partial charge in [-0.2, -0.15) is 0 Å². The van der Waals surface area contributed by atoms with Gasteiger partial charge in [0.2, 0.25) is 20.9 Å². The summed E-state index contributed by atoms with van der Waals surface area (Å²) in [5.41, 5.74) is 1.62. The van der Waals surface area contributed by atoms with Crippen molar-refractivity contribution in [1.29, 1.82) is 0 Å². The van der Waals surface area contributed by atoms with Crippen molar-refractivity contribution in [1.82, 2.24) is 19.2 Å². The van der Waals surface area contributed by atoms with Crippen LogP contribution in [0.25, 0.3) is 5.52 Å². The molecule has 1 aromatic carbocycles. The highest BCUT2D eigenvalue weighted by atomic mass is 32.2. The van der Waals surface area contributed by atoms with Gasteiger partial charge in [0.15, 0.2) is 5.69 Å². The molecule has 3 heterocycles. The number of amides is 2. The minimum Gasteiger partial charge on any atom is -0.497 e. The Hall–Kier alpha value is -3.40. The number of benzene rings is 1. The lowest BCUT2D eigenvalue weighted by Gasteiger charge is -2.22.